The first-order chi connectivity index (χ1) is 10.3. The molecule has 1 aliphatic carbocycles. The van der Waals surface area contributed by atoms with Crippen molar-refractivity contribution in [1.29, 1.82) is 0 Å². The maximum atomic E-state index is 12.3. The number of morpholine rings is 1. The monoisotopic (exact) mass is 308 g/mol. The fourth-order valence-electron chi connectivity index (χ4n) is 3.42. The van der Waals surface area contributed by atoms with Gasteiger partial charge in [-0.2, -0.15) is 0 Å². The highest BCUT2D eigenvalue weighted by Gasteiger charge is 2.36. The van der Waals surface area contributed by atoms with Crippen molar-refractivity contribution in [1.82, 2.24) is 10.6 Å². The Balaban J connectivity index is 1.63. The van der Waals surface area contributed by atoms with Crippen LogP contribution < -0.4 is 10.6 Å². The van der Waals surface area contributed by atoms with Crippen LogP contribution in [0.25, 0.3) is 0 Å². The van der Waals surface area contributed by atoms with Gasteiger partial charge < -0.3 is 15.4 Å². The Bertz CT molecular complexity index is 449. The first kappa shape index (κ1) is 15.0. The van der Waals surface area contributed by atoms with Crippen LogP contribution in [0.5, 0.6) is 0 Å². The molecule has 1 unspecified atom stereocenters. The second-order valence-corrected chi connectivity index (χ2v) is 7.05. The number of amides is 1. The predicted octanol–water partition coefficient (Wildman–Crippen LogP) is 2.05. The summed E-state index contributed by atoms with van der Waals surface area (Å²) in [7, 11) is 0. The number of carbonyl (C=O) groups is 1. The quantitative estimate of drug-likeness (QED) is 0.895. The van der Waals surface area contributed by atoms with Gasteiger partial charge in [0.15, 0.2) is 0 Å². The fraction of sp³-hybridized carbons (Fsp3) is 0.688. The van der Waals surface area contributed by atoms with Gasteiger partial charge in [0.1, 0.15) is 6.10 Å². The number of thiophene rings is 1. The lowest BCUT2D eigenvalue weighted by atomic mass is 9.73. The van der Waals surface area contributed by atoms with Crippen LogP contribution in [0.3, 0.4) is 0 Å². The summed E-state index contributed by atoms with van der Waals surface area (Å²) in [6.45, 7) is 2.82. The Morgan fingerprint density at radius 3 is 2.95 bits per heavy atom. The highest BCUT2D eigenvalue weighted by molar-refractivity contribution is 7.10. The van der Waals surface area contributed by atoms with E-state index in [0.29, 0.717) is 13.2 Å². The summed E-state index contributed by atoms with van der Waals surface area (Å²) in [5, 5.41) is 8.50. The first-order valence-corrected chi connectivity index (χ1v) is 8.82. The summed E-state index contributed by atoms with van der Waals surface area (Å²) in [6, 6.07) is 4.34. The van der Waals surface area contributed by atoms with Gasteiger partial charge in [0.2, 0.25) is 5.91 Å². The van der Waals surface area contributed by atoms with E-state index in [2.05, 4.69) is 28.1 Å². The van der Waals surface area contributed by atoms with Gasteiger partial charge in [-0.25, -0.2) is 0 Å². The normalized spacial score (nSPS) is 25.4. The Kier molecular flexibility index (Phi) is 4.93. The van der Waals surface area contributed by atoms with Crippen molar-refractivity contribution < 1.29 is 9.53 Å². The van der Waals surface area contributed by atoms with Gasteiger partial charge in [-0.05, 0) is 24.3 Å². The largest absolute Gasteiger partial charge is 0.366 e. The topological polar surface area (TPSA) is 50.4 Å². The maximum Gasteiger partial charge on any atom is 0.250 e. The van der Waals surface area contributed by atoms with Crippen molar-refractivity contribution in [2.45, 2.75) is 43.6 Å². The SMILES string of the molecule is O=C(NCC1(c2cccs2)CCCCC1)C1CNCCO1. The minimum absolute atomic E-state index is 0.0312. The minimum Gasteiger partial charge on any atom is -0.366 e. The Hall–Kier alpha value is -0.910. The molecule has 116 valence electrons. The fourth-order valence-corrected chi connectivity index (χ4v) is 4.41. The number of nitrogens with one attached hydrogen (secondary N) is 2. The highest BCUT2D eigenvalue weighted by atomic mass is 32.1. The average molecular weight is 308 g/mol. The average Bonchev–Trinajstić information content (AvgIpc) is 3.09. The molecule has 1 aromatic rings. The number of hydrogen-bond donors (Lipinski definition) is 2. The Morgan fingerprint density at radius 1 is 1.43 bits per heavy atom. The molecule has 2 N–H and O–H groups in total. The van der Waals surface area contributed by atoms with Crippen molar-refractivity contribution in [2.75, 3.05) is 26.2 Å². The molecule has 1 amide bonds. The van der Waals surface area contributed by atoms with Gasteiger partial charge in [0.25, 0.3) is 0 Å². The van der Waals surface area contributed by atoms with Crippen LogP contribution >= 0.6 is 11.3 Å². The summed E-state index contributed by atoms with van der Waals surface area (Å²) >= 11 is 1.82. The van der Waals surface area contributed by atoms with Gasteiger partial charge in [0, 0.05) is 29.9 Å². The van der Waals surface area contributed by atoms with E-state index < -0.39 is 0 Å². The van der Waals surface area contributed by atoms with Crippen LogP contribution in [-0.2, 0) is 14.9 Å². The van der Waals surface area contributed by atoms with Gasteiger partial charge >= 0.3 is 0 Å². The molecule has 3 rings (SSSR count). The number of ether oxygens (including phenoxy) is 1. The van der Waals surface area contributed by atoms with E-state index in [1.54, 1.807) is 0 Å². The summed E-state index contributed by atoms with van der Waals surface area (Å²) in [5.74, 6) is 0.0312. The van der Waals surface area contributed by atoms with Crippen LogP contribution in [0.1, 0.15) is 37.0 Å². The number of carbonyl (C=O) groups excluding carboxylic acids is 1. The van der Waals surface area contributed by atoms with Crippen molar-refractivity contribution in [3.8, 4) is 0 Å². The summed E-state index contributed by atoms with van der Waals surface area (Å²) in [5.41, 5.74) is 0.143. The van der Waals surface area contributed by atoms with Crippen LogP contribution in [0.4, 0.5) is 0 Å². The van der Waals surface area contributed by atoms with Crippen molar-refractivity contribution in [3.63, 3.8) is 0 Å². The van der Waals surface area contributed by atoms with E-state index in [1.807, 2.05) is 11.3 Å². The van der Waals surface area contributed by atoms with E-state index >= 15 is 0 Å². The third-order valence-corrected chi connectivity index (χ3v) is 5.79. The standard InChI is InChI=1S/C16H24N2O2S/c19-15(13-11-17-8-9-20-13)18-12-16(6-2-1-3-7-16)14-5-4-10-21-14/h4-5,10,13,17H,1-3,6-9,11-12H2,(H,18,19). The van der Waals surface area contributed by atoms with Crippen LogP contribution in [0.15, 0.2) is 17.5 Å². The molecule has 1 atom stereocenters. The molecule has 0 radical (unpaired) electrons. The van der Waals surface area contributed by atoms with Gasteiger partial charge in [0.05, 0.1) is 6.61 Å². The third kappa shape index (κ3) is 3.47. The van der Waals surface area contributed by atoms with Crippen LogP contribution in [-0.4, -0.2) is 38.3 Å². The molecule has 5 heteroatoms. The molecule has 2 aliphatic rings. The maximum absolute atomic E-state index is 12.3. The molecule has 2 heterocycles. The number of rotatable bonds is 4. The van der Waals surface area contributed by atoms with Crippen molar-refractivity contribution in [2.24, 2.45) is 0 Å². The number of hydrogen-bond acceptors (Lipinski definition) is 4. The molecule has 1 aliphatic heterocycles. The molecule has 4 nitrogen and oxygen atoms in total. The van der Waals surface area contributed by atoms with Crippen LogP contribution in [0, 0.1) is 0 Å². The zero-order valence-corrected chi connectivity index (χ0v) is 13.2. The smallest absolute Gasteiger partial charge is 0.250 e. The first-order valence-electron chi connectivity index (χ1n) is 7.94. The van der Waals surface area contributed by atoms with Crippen molar-refractivity contribution in [3.05, 3.63) is 22.4 Å². The molecule has 0 bridgehead atoms. The Morgan fingerprint density at radius 2 is 2.29 bits per heavy atom. The predicted molar refractivity (Wildman–Crippen MR) is 84.7 cm³/mol. The van der Waals surface area contributed by atoms with Gasteiger partial charge in [-0.15, -0.1) is 11.3 Å². The summed E-state index contributed by atoms with van der Waals surface area (Å²) in [6.07, 6.45) is 5.86. The molecule has 0 spiro atoms. The Labute approximate surface area is 130 Å². The van der Waals surface area contributed by atoms with Crippen molar-refractivity contribution >= 4 is 17.2 Å². The second-order valence-electron chi connectivity index (χ2n) is 6.10. The highest BCUT2D eigenvalue weighted by Crippen LogP contribution is 2.41. The van der Waals surface area contributed by atoms with E-state index in [4.69, 9.17) is 4.74 Å². The molecule has 21 heavy (non-hydrogen) atoms. The molecule has 1 saturated carbocycles. The zero-order valence-electron chi connectivity index (χ0n) is 12.4. The summed E-state index contributed by atoms with van der Waals surface area (Å²) < 4.78 is 5.53. The van der Waals surface area contributed by atoms with E-state index in [0.717, 1.165) is 13.1 Å². The lowest BCUT2D eigenvalue weighted by molar-refractivity contribution is -0.134. The van der Waals surface area contributed by atoms with Crippen LogP contribution in [0.2, 0.25) is 0 Å². The van der Waals surface area contributed by atoms with E-state index in [9.17, 15) is 4.79 Å². The molecular weight excluding hydrogens is 284 g/mol. The lowest BCUT2D eigenvalue weighted by Crippen LogP contribution is -2.51. The molecular formula is C16H24N2O2S. The molecule has 1 saturated heterocycles. The minimum atomic E-state index is -0.331. The summed E-state index contributed by atoms with van der Waals surface area (Å²) in [4.78, 5) is 13.7. The lowest BCUT2D eigenvalue weighted by Gasteiger charge is -2.37. The zero-order chi connectivity index (χ0) is 14.5. The van der Waals surface area contributed by atoms with E-state index in [-0.39, 0.29) is 17.4 Å². The molecule has 0 aromatic carbocycles. The van der Waals surface area contributed by atoms with Gasteiger partial charge in [-0.3, -0.25) is 4.79 Å². The molecule has 2 fully saturated rings. The second kappa shape index (κ2) is 6.90. The van der Waals surface area contributed by atoms with Gasteiger partial charge in [-0.1, -0.05) is 25.3 Å². The van der Waals surface area contributed by atoms with E-state index in [1.165, 1.54) is 37.0 Å². The molecule has 1 aromatic heterocycles. The third-order valence-electron chi connectivity index (χ3n) is 4.68.